The van der Waals surface area contributed by atoms with E-state index in [-0.39, 0.29) is 0 Å². The molecule has 77 valence electrons. The van der Waals surface area contributed by atoms with E-state index < -0.39 is 0 Å². The van der Waals surface area contributed by atoms with Gasteiger partial charge in [0.05, 0.1) is 18.2 Å². The van der Waals surface area contributed by atoms with Gasteiger partial charge in [0.15, 0.2) is 0 Å². The lowest BCUT2D eigenvalue weighted by atomic mass is 9.96. The fourth-order valence-electron chi connectivity index (χ4n) is 1.31. The molecule has 0 aliphatic carbocycles. The largest absolute Gasteiger partial charge is 0.494 e. The predicted molar refractivity (Wildman–Crippen MR) is 60.5 cm³/mol. The highest BCUT2D eigenvalue weighted by atomic mass is 16.5. The van der Waals surface area contributed by atoms with Gasteiger partial charge in [-0.25, -0.2) is 0 Å². The molecule has 0 heterocycles. The third-order valence-electron chi connectivity index (χ3n) is 2.15. The molecule has 0 aliphatic heterocycles. The van der Waals surface area contributed by atoms with Gasteiger partial charge < -0.3 is 4.74 Å². The molecular weight excluding hydrogens is 186 g/mol. The summed E-state index contributed by atoms with van der Waals surface area (Å²) in [5.41, 5.74) is 1.54. The van der Waals surface area contributed by atoms with E-state index >= 15 is 0 Å². The summed E-state index contributed by atoms with van der Waals surface area (Å²) < 4.78 is 5.38. The molecule has 1 rings (SSSR count). The molecule has 0 saturated carbocycles. The number of ether oxygens (including phenoxy) is 1. The van der Waals surface area contributed by atoms with Crippen molar-refractivity contribution in [3.63, 3.8) is 0 Å². The lowest BCUT2D eigenvalue weighted by Crippen LogP contribution is -1.98. The van der Waals surface area contributed by atoms with Gasteiger partial charge in [0, 0.05) is 5.92 Å². The molecule has 2 heteroatoms. The molecule has 0 unspecified atom stereocenters. The van der Waals surface area contributed by atoms with E-state index in [4.69, 9.17) is 10.00 Å². The van der Waals surface area contributed by atoms with Gasteiger partial charge in [-0.3, -0.25) is 0 Å². The van der Waals surface area contributed by atoms with Crippen molar-refractivity contribution < 1.29 is 4.74 Å². The monoisotopic (exact) mass is 200 g/mol. The van der Waals surface area contributed by atoms with Gasteiger partial charge in [0.25, 0.3) is 0 Å². The number of nitriles is 1. The Morgan fingerprint density at radius 2 is 2.33 bits per heavy atom. The van der Waals surface area contributed by atoms with Gasteiger partial charge in [0.2, 0.25) is 0 Å². The average Bonchev–Trinajstić information content (AvgIpc) is 2.28. The van der Waals surface area contributed by atoms with Crippen LogP contribution in [0.1, 0.15) is 25.0 Å². The third kappa shape index (κ3) is 2.60. The standard InChI is InChI=1S/C13H14NO/c1-4-10(3)13-8-12(15-5-2)7-6-11(13)9-14/h4,6-8H,1,5H2,2-3H3. The topological polar surface area (TPSA) is 33.0 Å². The Morgan fingerprint density at radius 3 is 2.87 bits per heavy atom. The van der Waals surface area contributed by atoms with Crippen LogP contribution in [0.4, 0.5) is 0 Å². The number of allylic oxidation sites excluding steroid dienone is 1. The molecule has 0 fully saturated rings. The van der Waals surface area contributed by atoms with Gasteiger partial charge >= 0.3 is 0 Å². The van der Waals surface area contributed by atoms with Crippen LogP contribution >= 0.6 is 0 Å². The van der Waals surface area contributed by atoms with Gasteiger partial charge in [-0.15, -0.1) is 6.58 Å². The molecule has 0 amide bonds. The van der Waals surface area contributed by atoms with Crippen LogP contribution in [0.25, 0.3) is 0 Å². The van der Waals surface area contributed by atoms with E-state index in [0.29, 0.717) is 12.2 Å². The molecule has 2 nitrogen and oxygen atoms in total. The highest BCUT2D eigenvalue weighted by Gasteiger charge is 2.09. The Balaban J connectivity index is 3.14. The van der Waals surface area contributed by atoms with Crippen molar-refractivity contribution in [1.29, 1.82) is 5.26 Å². The molecular formula is C13H14NO. The van der Waals surface area contributed by atoms with Crippen LogP contribution in [0.3, 0.4) is 0 Å². The summed E-state index contributed by atoms with van der Waals surface area (Å²) in [5, 5.41) is 8.95. The van der Waals surface area contributed by atoms with E-state index in [0.717, 1.165) is 17.2 Å². The van der Waals surface area contributed by atoms with Crippen LogP contribution in [0.5, 0.6) is 5.75 Å². The summed E-state index contributed by atoms with van der Waals surface area (Å²) in [6, 6.07) is 7.61. The highest BCUT2D eigenvalue weighted by molar-refractivity contribution is 5.51. The van der Waals surface area contributed by atoms with E-state index in [1.807, 2.05) is 26.0 Å². The summed E-state index contributed by atoms with van der Waals surface area (Å²) in [5.74, 6) is 1.76. The fraction of sp³-hybridized carbons (Fsp3) is 0.231. The van der Waals surface area contributed by atoms with Crippen LogP contribution in [0, 0.1) is 17.2 Å². The lowest BCUT2D eigenvalue weighted by molar-refractivity contribution is 0.340. The van der Waals surface area contributed by atoms with Gasteiger partial charge in [0.1, 0.15) is 5.75 Å². The maximum Gasteiger partial charge on any atom is 0.119 e. The maximum atomic E-state index is 8.95. The Labute approximate surface area is 90.8 Å². The number of benzene rings is 1. The van der Waals surface area contributed by atoms with E-state index in [2.05, 4.69) is 12.6 Å². The predicted octanol–water partition coefficient (Wildman–Crippen LogP) is 3.09. The molecule has 0 aromatic heterocycles. The number of nitrogens with zero attached hydrogens (tertiary/aromatic N) is 1. The molecule has 0 atom stereocenters. The Bertz CT molecular complexity index is 390. The minimum absolute atomic E-state index is 0.623. The van der Waals surface area contributed by atoms with Crippen LogP contribution in [0.15, 0.2) is 30.9 Å². The SMILES string of the molecule is C=C[C](C)c1cc(OCC)ccc1C#N. The smallest absolute Gasteiger partial charge is 0.119 e. The Hall–Kier alpha value is -1.75. The van der Waals surface area contributed by atoms with Crippen LogP contribution in [0.2, 0.25) is 0 Å². The first-order chi connectivity index (χ1) is 7.22. The van der Waals surface area contributed by atoms with Crippen molar-refractivity contribution in [3.05, 3.63) is 47.9 Å². The minimum Gasteiger partial charge on any atom is -0.494 e. The summed E-state index contributed by atoms with van der Waals surface area (Å²) >= 11 is 0. The third-order valence-corrected chi connectivity index (χ3v) is 2.15. The van der Waals surface area contributed by atoms with Crippen LogP contribution in [-0.4, -0.2) is 6.61 Å². The first kappa shape index (κ1) is 11.3. The molecule has 1 aromatic carbocycles. The molecule has 1 aromatic rings. The van der Waals surface area contributed by atoms with Crippen molar-refractivity contribution in [3.8, 4) is 11.8 Å². The van der Waals surface area contributed by atoms with Crippen molar-refractivity contribution in [2.45, 2.75) is 13.8 Å². The maximum absolute atomic E-state index is 8.95. The first-order valence-corrected chi connectivity index (χ1v) is 4.86. The summed E-state index contributed by atoms with van der Waals surface area (Å²) in [6.07, 6.45) is 1.74. The molecule has 0 aliphatic rings. The van der Waals surface area contributed by atoms with Crippen molar-refractivity contribution in [2.75, 3.05) is 6.61 Å². The summed E-state index contributed by atoms with van der Waals surface area (Å²) in [7, 11) is 0. The molecule has 0 bridgehead atoms. The van der Waals surface area contributed by atoms with Gasteiger partial charge in [-0.1, -0.05) is 13.0 Å². The highest BCUT2D eigenvalue weighted by Crippen LogP contribution is 2.24. The molecule has 15 heavy (non-hydrogen) atoms. The van der Waals surface area contributed by atoms with E-state index in [1.165, 1.54) is 0 Å². The van der Waals surface area contributed by atoms with Gasteiger partial charge in [-0.2, -0.15) is 5.26 Å². The molecule has 0 saturated heterocycles. The van der Waals surface area contributed by atoms with E-state index in [9.17, 15) is 0 Å². The summed E-state index contributed by atoms with van der Waals surface area (Å²) in [6.45, 7) is 8.19. The quantitative estimate of drug-likeness (QED) is 0.748. The molecule has 1 radical (unpaired) electrons. The first-order valence-electron chi connectivity index (χ1n) is 4.86. The zero-order chi connectivity index (χ0) is 11.3. The van der Waals surface area contributed by atoms with Gasteiger partial charge in [-0.05, 0) is 30.7 Å². The Morgan fingerprint density at radius 1 is 1.60 bits per heavy atom. The zero-order valence-electron chi connectivity index (χ0n) is 9.08. The number of hydrogen-bond acceptors (Lipinski definition) is 2. The van der Waals surface area contributed by atoms with Crippen LogP contribution < -0.4 is 4.74 Å². The second kappa shape index (κ2) is 5.21. The number of hydrogen-bond donors (Lipinski definition) is 0. The zero-order valence-corrected chi connectivity index (χ0v) is 9.08. The Kier molecular flexibility index (Phi) is 3.93. The van der Waals surface area contributed by atoms with Crippen molar-refractivity contribution >= 4 is 0 Å². The van der Waals surface area contributed by atoms with Crippen molar-refractivity contribution in [1.82, 2.24) is 0 Å². The second-order valence-electron chi connectivity index (χ2n) is 3.14. The number of rotatable bonds is 4. The van der Waals surface area contributed by atoms with Crippen molar-refractivity contribution in [2.24, 2.45) is 0 Å². The van der Waals surface area contributed by atoms with E-state index in [1.54, 1.807) is 12.1 Å². The minimum atomic E-state index is 0.623. The second-order valence-corrected chi connectivity index (χ2v) is 3.14. The average molecular weight is 200 g/mol. The lowest BCUT2D eigenvalue weighted by Gasteiger charge is -2.10. The molecule has 0 N–H and O–H groups in total. The summed E-state index contributed by atoms with van der Waals surface area (Å²) in [4.78, 5) is 0. The molecule has 0 spiro atoms. The normalized spacial score (nSPS) is 9.73. The fourth-order valence-corrected chi connectivity index (χ4v) is 1.31. The van der Waals surface area contributed by atoms with Crippen LogP contribution in [-0.2, 0) is 0 Å².